The second-order valence-electron chi connectivity index (χ2n) is 6.33. The molecule has 0 radical (unpaired) electrons. The van der Waals surface area contributed by atoms with Crippen LogP contribution < -0.4 is 15.4 Å². The molecule has 0 bridgehead atoms. The number of carbonyl (C=O) groups is 1. The van der Waals surface area contributed by atoms with Gasteiger partial charge in [-0.25, -0.2) is 0 Å². The molecule has 2 N–H and O–H groups in total. The van der Waals surface area contributed by atoms with Crippen LogP contribution in [0.5, 0.6) is 11.5 Å². The van der Waals surface area contributed by atoms with Crippen LogP contribution in [0.3, 0.4) is 0 Å². The van der Waals surface area contributed by atoms with Crippen LogP contribution in [-0.2, 0) is 11.0 Å². The lowest BCUT2D eigenvalue weighted by Gasteiger charge is -2.16. The number of nitrogens with one attached hydrogen (secondary N) is 2. The van der Waals surface area contributed by atoms with Crippen LogP contribution in [0.25, 0.3) is 0 Å². The van der Waals surface area contributed by atoms with E-state index >= 15 is 0 Å². The molecule has 0 spiro atoms. The topological polar surface area (TPSA) is 50.4 Å². The van der Waals surface area contributed by atoms with Gasteiger partial charge in [0.1, 0.15) is 11.5 Å². The molecule has 0 aromatic heterocycles. The Hall–Kier alpha value is -2.06. The highest BCUT2D eigenvalue weighted by molar-refractivity contribution is 9.10. The van der Waals surface area contributed by atoms with Gasteiger partial charge < -0.3 is 15.4 Å². The van der Waals surface area contributed by atoms with E-state index in [0.717, 1.165) is 10.5 Å². The Balaban J connectivity index is 2.18. The maximum Gasteiger partial charge on any atom is 0.418 e. The van der Waals surface area contributed by atoms with Crippen molar-refractivity contribution in [2.24, 2.45) is 5.92 Å². The zero-order valence-electron chi connectivity index (χ0n) is 14.9. The van der Waals surface area contributed by atoms with Crippen LogP contribution in [0.1, 0.15) is 19.4 Å². The van der Waals surface area contributed by atoms with E-state index in [1.165, 1.54) is 12.1 Å². The fourth-order valence-corrected chi connectivity index (χ4v) is 2.51. The molecular formula is C19H20BrF3N2O2. The summed E-state index contributed by atoms with van der Waals surface area (Å²) in [5.74, 6) is 0.428. The predicted octanol–water partition coefficient (Wildman–Crippen LogP) is 5.44. The third kappa shape index (κ3) is 6.88. The number of hydrogen-bond donors (Lipinski definition) is 2. The molecule has 0 aliphatic heterocycles. The van der Waals surface area contributed by atoms with Crippen LogP contribution >= 0.6 is 15.9 Å². The summed E-state index contributed by atoms with van der Waals surface area (Å²) in [6.07, 6.45) is -4.59. The Labute approximate surface area is 164 Å². The first-order valence-corrected chi connectivity index (χ1v) is 9.09. The third-order valence-corrected chi connectivity index (χ3v) is 3.99. The van der Waals surface area contributed by atoms with Crippen molar-refractivity contribution in [1.82, 2.24) is 5.32 Å². The average Bonchev–Trinajstić information content (AvgIpc) is 2.55. The first kappa shape index (κ1) is 21.2. The molecular weight excluding hydrogens is 425 g/mol. The van der Waals surface area contributed by atoms with Gasteiger partial charge in [0.2, 0.25) is 5.91 Å². The minimum absolute atomic E-state index is 0.0761. The molecule has 8 heteroatoms. The van der Waals surface area contributed by atoms with Crippen molar-refractivity contribution in [2.45, 2.75) is 20.0 Å². The number of rotatable bonds is 7. The molecule has 0 aliphatic rings. The molecule has 0 saturated heterocycles. The number of anilines is 1. The minimum Gasteiger partial charge on any atom is -0.457 e. The van der Waals surface area contributed by atoms with E-state index < -0.39 is 17.6 Å². The molecule has 27 heavy (non-hydrogen) atoms. The minimum atomic E-state index is -4.59. The van der Waals surface area contributed by atoms with E-state index in [-0.39, 0.29) is 18.0 Å². The first-order valence-electron chi connectivity index (χ1n) is 8.30. The van der Waals surface area contributed by atoms with Crippen molar-refractivity contribution in [3.8, 4) is 11.5 Å². The largest absolute Gasteiger partial charge is 0.457 e. The number of benzene rings is 2. The second-order valence-corrected chi connectivity index (χ2v) is 7.25. The Morgan fingerprint density at radius 2 is 1.74 bits per heavy atom. The van der Waals surface area contributed by atoms with Gasteiger partial charge in [-0.05, 0) is 48.9 Å². The van der Waals surface area contributed by atoms with E-state index in [0.29, 0.717) is 18.2 Å². The van der Waals surface area contributed by atoms with Gasteiger partial charge in [-0.1, -0.05) is 29.8 Å². The molecule has 146 valence electrons. The summed E-state index contributed by atoms with van der Waals surface area (Å²) in [5, 5.41) is 5.21. The Morgan fingerprint density at radius 1 is 1.11 bits per heavy atom. The smallest absolute Gasteiger partial charge is 0.418 e. The highest BCUT2D eigenvalue weighted by Crippen LogP contribution is 2.37. The summed E-state index contributed by atoms with van der Waals surface area (Å²) in [5.41, 5.74) is -1.27. The lowest BCUT2D eigenvalue weighted by molar-refractivity contribution is -0.137. The molecule has 1 amide bonds. The van der Waals surface area contributed by atoms with E-state index in [1.807, 2.05) is 13.8 Å². The average molecular weight is 445 g/mol. The van der Waals surface area contributed by atoms with Crippen LogP contribution in [0.2, 0.25) is 0 Å². The van der Waals surface area contributed by atoms with E-state index in [1.54, 1.807) is 24.3 Å². The Morgan fingerprint density at radius 3 is 2.33 bits per heavy atom. The van der Waals surface area contributed by atoms with Gasteiger partial charge in [-0.3, -0.25) is 4.79 Å². The quantitative estimate of drug-likeness (QED) is 0.597. The van der Waals surface area contributed by atoms with Crippen molar-refractivity contribution < 1.29 is 22.7 Å². The summed E-state index contributed by atoms with van der Waals surface area (Å²) in [6.45, 7) is 4.45. The molecule has 2 aromatic carbocycles. The van der Waals surface area contributed by atoms with Gasteiger partial charge in [-0.2, -0.15) is 13.2 Å². The fraction of sp³-hybridized carbons (Fsp3) is 0.316. The van der Waals surface area contributed by atoms with Gasteiger partial charge in [0, 0.05) is 10.5 Å². The zero-order chi connectivity index (χ0) is 20.0. The van der Waals surface area contributed by atoms with Crippen LogP contribution in [-0.4, -0.2) is 19.0 Å². The van der Waals surface area contributed by atoms with Crippen LogP contribution in [0, 0.1) is 5.92 Å². The molecule has 0 atom stereocenters. The van der Waals surface area contributed by atoms with Gasteiger partial charge in [-0.15, -0.1) is 0 Å². The molecule has 0 aliphatic carbocycles. The molecule has 0 saturated carbocycles. The van der Waals surface area contributed by atoms with Crippen molar-refractivity contribution >= 4 is 27.5 Å². The van der Waals surface area contributed by atoms with Crippen LogP contribution in [0.4, 0.5) is 18.9 Å². The monoisotopic (exact) mass is 444 g/mol. The van der Waals surface area contributed by atoms with E-state index in [4.69, 9.17) is 4.74 Å². The van der Waals surface area contributed by atoms with Crippen molar-refractivity contribution in [2.75, 3.05) is 18.4 Å². The maximum absolute atomic E-state index is 13.2. The summed E-state index contributed by atoms with van der Waals surface area (Å²) in [4.78, 5) is 12.0. The summed E-state index contributed by atoms with van der Waals surface area (Å²) in [7, 11) is 0. The predicted molar refractivity (Wildman–Crippen MR) is 102 cm³/mol. The number of ether oxygens (including phenoxy) is 1. The normalized spacial score (nSPS) is 11.5. The van der Waals surface area contributed by atoms with Gasteiger partial charge in [0.05, 0.1) is 17.8 Å². The van der Waals surface area contributed by atoms with Crippen molar-refractivity contribution in [3.05, 3.63) is 52.5 Å². The van der Waals surface area contributed by atoms with E-state index in [2.05, 4.69) is 26.6 Å². The second kappa shape index (κ2) is 9.23. The number of amides is 1. The Kier molecular flexibility index (Phi) is 7.26. The van der Waals surface area contributed by atoms with Gasteiger partial charge in [0.15, 0.2) is 0 Å². The first-order chi connectivity index (χ1) is 12.6. The molecule has 0 unspecified atom stereocenters. The summed E-state index contributed by atoms with van der Waals surface area (Å²) >= 11 is 3.30. The lowest BCUT2D eigenvalue weighted by Crippen LogP contribution is -2.31. The highest BCUT2D eigenvalue weighted by Gasteiger charge is 2.34. The zero-order valence-corrected chi connectivity index (χ0v) is 16.4. The highest BCUT2D eigenvalue weighted by atomic mass is 79.9. The molecule has 0 fully saturated rings. The Bertz CT molecular complexity index is 778. The third-order valence-electron chi connectivity index (χ3n) is 3.46. The van der Waals surface area contributed by atoms with Gasteiger partial charge >= 0.3 is 6.18 Å². The number of halogens is 4. The number of carbonyl (C=O) groups excluding carboxylic acids is 1. The van der Waals surface area contributed by atoms with Crippen LogP contribution in [0.15, 0.2) is 46.9 Å². The van der Waals surface area contributed by atoms with Gasteiger partial charge in [0.25, 0.3) is 0 Å². The van der Waals surface area contributed by atoms with Crippen molar-refractivity contribution in [3.63, 3.8) is 0 Å². The lowest BCUT2D eigenvalue weighted by atomic mass is 10.1. The maximum atomic E-state index is 13.2. The number of hydrogen-bond acceptors (Lipinski definition) is 3. The number of alkyl halides is 3. The summed E-state index contributed by atoms with van der Waals surface area (Å²) < 4.78 is 46.2. The fourth-order valence-electron chi connectivity index (χ4n) is 2.24. The standard InChI is InChI=1S/C19H20BrF3N2O2/c1-12(2)10-24-11-18(26)25-17-9-15(7-8-16(17)19(21,22)23)27-14-5-3-13(20)4-6-14/h3-9,12,24H,10-11H2,1-2H3,(H,25,26). The van der Waals surface area contributed by atoms with Crippen molar-refractivity contribution in [1.29, 1.82) is 0 Å². The molecule has 0 heterocycles. The van der Waals surface area contributed by atoms with E-state index in [9.17, 15) is 18.0 Å². The molecule has 2 aromatic rings. The molecule has 4 nitrogen and oxygen atoms in total. The molecule has 2 rings (SSSR count). The SMILES string of the molecule is CC(C)CNCC(=O)Nc1cc(Oc2ccc(Br)cc2)ccc1C(F)(F)F. The summed E-state index contributed by atoms with van der Waals surface area (Å²) in [6, 6.07) is 10.1.